The monoisotopic (exact) mass is 466 g/mol. The Bertz CT molecular complexity index is 1080. The number of nitrogens with zero attached hydrogens (tertiary/aromatic N) is 3. The average molecular weight is 467 g/mol. The summed E-state index contributed by atoms with van der Waals surface area (Å²) in [6.45, 7) is 2.33. The Morgan fingerprint density at radius 1 is 1.19 bits per heavy atom. The quantitative estimate of drug-likeness (QED) is 0.729. The lowest BCUT2D eigenvalue weighted by Gasteiger charge is -2.36. The van der Waals surface area contributed by atoms with Crippen LogP contribution >= 0.6 is 0 Å². The van der Waals surface area contributed by atoms with E-state index in [1.807, 2.05) is 0 Å². The maximum atomic E-state index is 14.1. The summed E-state index contributed by atoms with van der Waals surface area (Å²) in [6, 6.07) is 2.89. The predicted octanol–water partition coefficient (Wildman–Crippen LogP) is 2.70. The molecule has 174 valence electrons. The summed E-state index contributed by atoms with van der Waals surface area (Å²) < 4.78 is 60.3. The molecular weight excluding hydrogens is 438 g/mol. The Morgan fingerprint density at radius 2 is 1.97 bits per heavy atom. The highest BCUT2D eigenvalue weighted by atomic mass is 32.2. The molecule has 3 heterocycles. The number of ether oxygens (including phenoxy) is 1. The Labute approximate surface area is 186 Å². The average Bonchev–Trinajstić information content (AvgIpc) is 3.47. The van der Waals surface area contributed by atoms with Gasteiger partial charge in [0.05, 0.1) is 17.6 Å². The molecule has 0 amide bonds. The first-order valence-corrected chi connectivity index (χ1v) is 12.7. The minimum absolute atomic E-state index is 0.149. The van der Waals surface area contributed by atoms with Crippen molar-refractivity contribution in [2.24, 2.45) is 11.7 Å². The fourth-order valence-electron chi connectivity index (χ4n) is 5.28. The highest BCUT2D eigenvalue weighted by molar-refractivity contribution is 7.90. The van der Waals surface area contributed by atoms with Gasteiger partial charge in [0.1, 0.15) is 17.7 Å². The van der Waals surface area contributed by atoms with E-state index in [1.54, 1.807) is 6.20 Å². The maximum absolute atomic E-state index is 14.1. The van der Waals surface area contributed by atoms with Gasteiger partial charge in [-0.3, -0.25) is 4.90 Å². The largest absolute Gasteiger partial charge is 0.371 e. The molecule has 2 aromatic rings. The van der Waals surface area contributed by atoms with Gasteiger partial charge < -0.3 is 10.5 Å². The molecule has 7 nitrogen and oxygen atoms in total. The van der Waals surface area contributed by atoms with Crippen molar-refractivity contribution in [3.63, 3.8) is 0 Å². The molecule has 1 saturated heterocycles. The fourth-order valence-corrected chi connectivity index (χ4v) is 7.00. The van der Waals surface area contributed by atoms with Gasteiger partial charge in [0.15, 0.2) is 0 Å². The lowest BCUT2D eigenvalue weighted by atomic mass is 9.90. The SMILES string of the molecule is NC1CC(CN2Cc3cn(S(=O)(=O)C4CCCC4)nc3C2)CO[C@@H]1c1cc(F)ccc1F. The van der Waals surface area contributed by atoms with Gasteiger partial charge >= 0.3 is 0 Å². The molecule has 1 saturated carbocycles. The molecule has 3 atom stereocenters. The van der Waals surface area contributed by atoms with Gasteiger partial charge in [0.25, 0.3) is 10.0 Å². The van der Waals surface area contributed by atoms with E-state index in [-0.39, 0.29) is 16.7 Å². The van der Waals surface area contributed by atoms with Crippen LogP contribution in [0.25, 0.3) is 0 Å². The highest BCUT2D eigenvalue weighted by Crippen LogP contribution is 2.34. The second-order valence-electron chi connectivity index (χ2n) is 9.28. The van der Waals surface area contributed by atoms with Gasteiger partial charge in [-0.25, -0.2) is 17.2 Å². The number of halogens is 2. The lowest BCUT2D eigenvalue weighted by molar-refractivity contribution is -0.0413. The van der Waals surface area contributed by atoms with Crippen molar-refractivity contribution in [2.75, 3.05) is 13.2 Å². The summed E-state index contributed by atoms with van der Waals surface area (Å²) in [5.74, 6) is -0.878. The first kappa shape index (κ1) is 21.9. The molecule has 32 heavy (non-hydrogen) atoms. The topological polar surface area (TPSA) is 90.5 Å². The summed E-state index contributed by atoms with van der Waals surface area (Å²) in [6.07, 6.45) is 4.96. The zero-order valence-electron chi connectivity index (χ0n) is 17.8. The molecule has 10 heteroatoms. The highest BCUT2D eigenvalue weighted by Gasteiger charge is 2.36. The molecule has 2 aliphatic heterocycles. The van der Waals surface area contributed by atoms with Crippen LogP contribution in [-0.4, -0.2) is 46.9 Å². The van der Waals surface area contributed by atoms with Crippen LogP contribution in [0.3, 0.4) is 0 Å². The Morgan fingerprint density at radius 3 is 2.69 bits per heavy atom. The van der Waals surface area contributed by atoms with E-state index in [0.29, 0.717) is 39.0 Å². The number of nitrogens with two attached hydrogens (primary N) is 1. The van der Waals surface area contributed by atoms with Crippen LogP contribution in [0.1, 0.15) is 55.0 Å². The third-order valence-electron chi connectivity index (χ3n) is 6.89. The second-order valence-corrected chi connectivity index (χ2v) is 11.4. The summed E-state index contributed by atoms with van der Waals surface area (Å²) in [5.41, 5.74) is 8.17. The molecule has 2 unspecified atom stereocenters. The molecule has 0 bridgehead atoms. The maximum Gasteiger partial charge on any atom is 0.256 e. The lowest BCUT2D eigenvalue weighted by Crippen LogP contribution is -2.42. The molecule has 1 aromatic heterocycles. The van der Waals surface area contributed by atoms with Gasteiger partial charge in [-0.2, -0.15) is 9.19 Å². The van der Waals surface area contributed by atoms with Crippen LogP contribution in [-0.2, 0) is 27.8 Å². The number of fused-ring (bicyclic) bond motifs is 1. The Hall–Kier alpha value is -1.88. The van der Waals surface area contributed by atoms with Crippen LogP contribution in [0, 0.1) is 17.6 Å². The molecule has 3 aliphatic rings. The minimum atomic E-state index is -3.41. The van der Waals surface area contributed by atoms with Crippen molar-refractivity contribution in [3.05, 3.63) is 52.9 Å². The third-order valence-corrected chi connectivity index (χ3v) is 8.92. The molecule has 0 spiro atoms. The van der Waals surface area contributed by atoms with Crippen LogP contribution in [0.5, 0.6) is 0 Å². The van der Waals surface area contributed by atoms with Crippen molar-refractivity contribution in [1.29, 1.82) is 0 Å². The standard InChI is InChI=1S/C22H28F2N4O3S/c23-16-5-6-19(24)18(8-16)22-20(25)7-14(13-31-22)9-27-10-15-11-28(26-21(15)12-27)32(29,30)17-3-1-2-4-17/h5-6,8,11,14,17,20,22H,1-4,7,9-10,12-13,25H2/t14?,20?,22-/m1/s1. The van der Waals surface area contributed by atoms with Crippen LogP contribution < -0.4 is 5.73 Å². The number of hydrogen-bond donors (Lipinski definition) is 1. The Kier molecular flexibility index (Phi) is 5.81. The van der Waals surface area contributed by atoms with Crippen molar-refractivity contribution < 1.29 is 21.9 Å². The van der Waals surface area contributed by atoms with Gasteiger partial charge in [-0.05, 0) is 43.4 Å². The Balaban J connectivity index is 1.19. The summed E-state index contributed by atoms with van der Waals surface area (Å²) in [5, 5.41) is 4.07. The second kappa shape index (κ2) is 8.48. The van der Waals surface area contributed by atoms with Gasteiger partial charge in [0.2, 0.25) is 0 Å². The van der Waals surface area contributed by atoms with Crippen molar-refractivity contribution in [2.45, 2.75) is 62.6 Å². The van der Waals surface area contributed by atoms with Crippen LogP contribution in [0.2, 0.25) is 0 Å². The number of rotatable bonds is 5. The van der Waals surface area contributed by atoms with Crippen molar-refractivity contribution in [1.82, 2.24) is 14.1 Å². The zero-order valence-corrected chi connectivity index (χ0v) is 18.6. The first-order valence-electron chi connectivity index (χ1n) is 11.2. The molecule has 5 rings (SSSR count). The van der Waals surface area contributed by atoms with Crippen molar-refractivity contribution in [3.8, 4) is 0 Å². The van der Waals surface area contributed by atoms with E-state index in [0.717, 1.165) is 48.8 Å². The smallest absolute Gasteiger partial charge is 0.256 e. The van der Waals surface area contributed by atoms with Crippen LogP contribution in [0.4, 0.5) is 8.78 Å². The third kappa shape index (κ3) is 4.09. The fraction of sp³-hybridized carbons (Fsp3) is 0.591. The minimum Gasteiger partial charge on any atom is -0.371 e. The predicted molar refractivity (Wildman–Crippen MR) is 114 cm³/mol. The van der Waals surface area contributed by atoms with E-state index in [9.17, 15) is 17.2 Å². The van der Waals surface area contributed by atoms with E-state index in [2.05, 4.69) is 10.00 Å². The van der Waals surface area contributed by atoms with E-state index in [4.69, 9.17) is 10.5 Å². The summed E-state index contributed by atoms with van der Waals surface area (Å²) in [4.78, 5) is 2.20. The molecule has 1 aromatic carbocycles. The number of aromatic nitrogens is 2. The molecule has 0 radical (unpaired) electrons. The van der Waals surface area contributed by atoms with Gasteiger partial charge in [0, 0.05) is 43.0 Å². The zero-order chi connectivity index (χ0) is 22.5. The summed E-state index contributed by atoms with van der Waals surface area (Å²) >= 11 is 0. The molecule has 2 fully saturated rings. The van der Waals surface area contributed by atoms with E-state index in [1.165, 1.54) is 4.09 Å². The van der Waals surface area contributed by atoms with E-state index >= 15 is 0 Å². The molecular formula is C22H28F2N4O3S. The number of benzene rings is 1. The first-order chi connectivity index (χ1) is 15.3. The van der Waals surface area contributed by atoms with Crippen molar-refractivity contribution >= 4 is 10.0 Å². The normalized spacial score (nSPS) is 27.2. The number of hydrogen-bond acceptors (Lipinski definition) is 6. The van der Waals surface area contributed by atoms with Crippen LogP contribution in [0.15, 0.2) is 24.4 Å². The van der Waals surface area contributed by atoms with E-state index < -0.39 is 33.8 Å². The summed E-state index contributed by atoms with van der Waals surface area (Å²) in [7, 11) is -3.41. The van der Waals surface area contributed by atoms with Gasteiger partial charge in [-0.1, -0.05) is 12.8 Å². The molecule has 1 aliphatic carbocycles. The van der Waals surface area contributed by atoms with Gasteiger partial charge in [-0.15, -0.1) is 0 Å². The molecule has 2 N–H and O–H groups in total.